The Balaban J connectivity index is 1.17. The van der Waals surface area contributed by atoms with Crippen LogP contribution in [-0.4, -0.2) is 4.57 Å². The van der Waals surface area contributed by atoms with Crippen molar-refractivity contribution in [3.05, 3.63) is 243 Å². The van der Waals surface area contributed by atoms with E-state index in [-0.39, 0.29) is 0 Å². The van der Waals surface area contributed by atoms with E-state index in [0.29, 0.717) is 0 Å². The van der Waals surface area contributed by atoms with Gasteiger partial charge >= 0.3 is 0 Å². The van der Waals surface area contributed by atoms with Crippen molar-refractivity contribution in [2.45, 2.75) is 0 Å². The highest BCUT2D eigenvalue weighted by atomic mass is 15.1. The lowest BCUT2D eigenvalue weighted by Gasteiger charge is -2.28. The van der Waals surface area contributed by atoms with Crippen LogP contribution in [0.2, 0.25) is 0 Å². The lowest BCUT2D eigenvalue weighted by molar-refractivity contribution is 1.18. The summed E-state index contributed by atoms with van der Waals surface area (Å²) < 4.78 is 2.50. The summed E-state index contributed by atoms with van der Waals surface area (Å²) in [6, 6.07) is 87.9. The van der Waals surface area contributed by atoms with Gasteiger partial charge < -0.3 is 9.47 Å². The van der Waals surface area contributed by atoms with Crippen molar-refractivity contribution >= 4 is 49.6 Å². The first-order valence-corrected chi connectivity index (χ1v) is 20.6. The molecule has 0 aliphatic heterocycles. The molecule has 0 unspecified atom stereocenters. The molecular weight excluding hydrogens is 725 g/mol. The molecular formula is C58H40N2. The van der Waals surface area contributed by atoms with E-state index < -0.39 is 0 Å². The topological polar surface area (TPSA) is 8.17 Å². The predicted octanol–water partition coefficient (Wildman–Crippen LogP) is 16.1. The zero-order valence-electron chi connectivity index (χ0n) is 33.0. The smallest absolute Gasteiger partial charge is 0.0618 e. The number of nitrogens with zero attached hydrogens (tertiary/aromatic N) is 2. The number of hydrogen-bond acceptors (Lipinski definition) is 1. The fourth-order valence-corrected chi connectivity index (χ4v) is 9.05. The molecule has 0 bridgehead atoms. The van der Waals surface area contributed by atoms with Crippen LogP contribution in [0.1, 0.15) is 0 Å². The van der Waals surface area contributed by atoms with Crippen molar-refractivity contribution in [2.75, 3.05) is 4.90 Å². The summed E-state index contributed by atoms with van der Waals surface area (Å²) in [4.78, 5) is 2.43. The summed E-state index contributed by atoms with van der Waals surface area (Å²) in [7, 11) is 0. The molecule has 60 heavy (non-hydrogen) atoms. The molecule has 1 heterocycles. The molecule has 0 aliphatic rings. The van der Waals surface area contributed by atoms with Crippen molar-refractivity contribution in [1.82, 2.24) is 4.57 Å². The van der Waals surface area contributed by atoms with Crippen molar-refractivity contribution in [3.63, 3.8) is 0 Å². The van der Waals surface area contributed by atoms with Gasteiger partial charge in [0.05, 0.1) is 22.4 Å². The predicted molar refractivity (Wildman–Crippen MR) is 255 cm³/mol. The highest BCUT2D eigenvalue weighted by Crippen LogP contribution is 2.46. The Labute approximate surface area is 350 Å². The van der Waals surface area contributed by atoms with Crippen molar-refractivity contribution in [3.8, 4) is 50.2 Å². The Morgan fingerprint density at radius 3 is 1.45 bits per heavy atom. The van der Waals surface area contributed by atoms with Crippen LogP contribution in [0.5, 0.6) is 0 Å². The Bertz CT molecular complexity index is 3230. The minimum atomic E-state index is 1.08. The molecule has 1 aromatic heterocycles. The second-order valence-electron chi connectivity index (χ2n) is 15.3. The summed E-state index contributed by atoms with van der Waals surface area (Å²) in [6.45, 7) is 0. The van der Waals surface area contributed by atoms with Crippen LogP contribution < -0.4 is 4.90 Å². The number of benzene rings is 10. The first-order chi connectivity index (χ1) is 29.8. The van der Waals surface area contributed by atoms with Crippen LogP contribution in [0.3, 0.4) is 0 Å². The van der Waals surface area contributed by atoms with E-state index in [1.807, 2.05) is 0 Å². The zero-order chi connectivity index (χ0) is 39.8. The minimum Gasteiger partial charge on any atom is -0.310 e. The molecule has 0 aliphatic carbocycles. The fraction of sp³-hybridized carbons (Fsp3) is 0. The maximum Gasteiger partial charge on any atom is 0.0618 e. The number of fused-ring (bicyclic) bond motifs is 4. The largest absolute Gasteiger partial charge is 0.310 e. The Hall–Kier alpha value is -7.94. The molecule has 11 rings (SSSR count). The molecule has 0 saturated carbocycles. The quantitative estimate of drug-likeness (QED) is 0.150. The molecule has 0 atom stereocenters. The van der Waals surface area contributed by atoms with E-state index in [4.69, 9.17) is 0 Å². The standard InChI is InChI=1S/C58H40N2/c1-4-18-42(19-5-1)50-27-12-14-32-55(50)59(46-36-34-45(35-37-46)49-29-16-25-41-24-10-11-26-48(41)49)47-38-39-54-53-28-13-15-33-56(53)60(57(54)40-47)58-51(43-20-6-2-7-21-43)30-17-31-52(58)44-22-8-3-9-23-44/h1-40H. The summed E-state index contributed by atoms with van der Waals surface area (Å²) in [6.07, 6.45) is 0. The van der Waals surface area contributed by atoms with E-state index in [9.17, 15) is 0 Å². The number of rotatable bonds is 8. The van der Waals surface area contributed by atoms with Gasteiger partial charge in [-0.2, -0.15) is 0 Å². The normalized spacial score (nSPS) is 11.3. The third-order valence-electron chi connectivity index (χ3n) is 11.8. The third kappa shape index (κ3) is 6.14. The van der Waals surface area contributed by atoms with Gasteiger partial charge in [0.15, 0.2) is 0 Å². The Kier molecular flexibility index (Phi) is 8.87. The molecule has 2 heteroatoms. The van der Waals surface area contributed by atoms with Gasteiger partial charge in [-0.1, -0.05) is 206 Å². The number of hydrogen-bond donors (Lipinski definition) is 0. The second kappa shape index (κ2) is 15.1. The summed E-state index contributed by atoms with van der Waals surface area (Å²) in [5.74, 6) is 0. The van der Waals surface area contributed by atoms with Crippen LogP contribution >= 0.6 is 0 Å². The van der Waals surface area contributed by atoms with Crippen LogP contribution in [0, 0.1) is 0 Å². The van der Waals surface area contributed by atoms with E-state index in [0.717, 1.165) is 33.8 Å². The highest BCUT2D eigenvalue weighted by molar-refractivity contribution is 6.12. The van der Waals surface area contributed by atoms with Crippen LogP contribution in [0.25, 0.3) is 82.8 Å². The fourth-order valence-electron chi connectivity index (χ4n) is 9.05. The third-order valence-corrected chi connectivity index (χ3v) is 11.8. The minimum absolute atomic E-state index is 1.08. The van der Waals surface area contributed by atoms with E-state index in [1.165, 1.54) is 66.0 Å². The summed E-state index contributed by atoms with van der Waals surface area (Å²) >= 11 is 0. The molecule has 11 aromatic rings. The molecule has 0 amide bonds. The molecule has 0 N–H and O–H groups in total. The monoisotopic (exact) mass is 764 g/mol. The zero-order valence-corrected chi connectivity index (χ0v) is 33.0. The lowest BCUT2D eigenvalue weighted by atomic mass is 9.95. The average molecular weight is 765 g/mol. The first kappa shape index (κ1) is 35.2. The van der Waals surface area contributed by atoms with E-state index >= 15 is 0 Å². The van der Waals surface area contributed by atoms with Gasteiger partial charge in [0.25, 0.3) is 0 Å². The molecule has 2 nitrogen and oxygen atoms in total. The first-order valence-electron chi connectivity index (χ1n) is 20.6. The second-order valence-corrected chi connectivity index (χ2v) is 15.3. The van der Waals surface area contributed by atoms with Crippen molar-refractivity contribution in [2.24, 2.45) is 0 Å². The van der Waals surface area contributed by atoms with Gasteiger partial charge in [-0.25, -0.2) is 0 Å². The average Bonchev–Trinajstić information content (AvgIpc) is 3.66. The SMILES string of the molecule is c1ccc(-c2ccccc2N(c2ccc(-c3cccc4ccccc34)cc2)c2ccc3c4ccccc4n(-c4c(-c5ccccc5)cccc4-c4ccccc4)c3c2)cc1. The van der Waals surface area contributed by atoms with Crippen LogP contribution in [0.4, 0.5) is 17.1 Å². The van der Waals surface area contributed by atoms with Gasteiger partial charge in [-0.3, -0.25) is 0 Å². The Morgan fingerprint density at radius 1 is 0.283 bits per heavy atom. The number of aromatic nitrogens is 1. The van der Waals surface area contributed by atoms with Crippen molar-refractivity contribution in [1.29, 1.82) is 0 Å². The van der Waals surface area contributed by atoms with Gasteiger partial charge in [0.1, 0.15) is 0 Å². The van der Waals surface area contributed by atoms with Gasteiger partial charge in [-0.05, 0) is 75.0 Å². The van der Waals surface area contributed by atoms with Gasteiger partial charge in [0.2, 0.25) is 0 Å². The highest BCUT2D eigenvalue weighted by Gasteiger charge is 2.23. The van der Waals surface area contributed by atoms with E-state index in [1.54, 1.807) is 0 Å². The molecule has 0 spiro atoms. The molecule has 0 fully saturated rings. The summed E-state index contributed by atoms with van der Waals surface area (Å²) in [5, 5.41) is 4.92. The summed E-state index contributed by atoms with van der Waals surface area (Å²) in [5.41, 5.74) is 16.2. The molecule has 0 saturated heterocycles. The maximum atomic E-state index is 2.50. The maximum absolute atomic E-state index is 2.50. The Morgan fingerprint density at radius 2 is 0.750 bits per heavy atom. The number of anilines is 3. The van der Waals surface area contributed by atoms with Gasteiger partial charge in [-0.15, -0.1) is 0 Å². The van der Waals surface area contributed by atoms with Gasteiger partial charge in [0, 0.05) is 38.8 Å². The molecule has 10 aromatic carbocycles. The van der Waals surface area contributed by atoms with Crippen molar-refractivity contribution < 1.29 is 0 Å². The molecule has 282 valence electrons. The van der Waals surface area contributed by atoms with E-state index in [2.05, 4.69) is 252 Å². The molecule has 0 radical (unpaired) electrons. The van der Waals surface area contributed by atoms with Crippen LogP contribution in [-0.2, 0) is 0 Å². The number of para-hydroxylation sites is 3. The lowest BCUT2D eigenvalue weighted by Crippen LogP contribution is -2.11. The van der Waals surface area contributed by atoms with Crippen LogP contribution in [0.15, 0.2) is 243 Å².